The first-order valence-corrected chi connectivity index (χ1v) is 6.51. The van der Waals surface area contributed by atoms with Gasteiger partial charge in [-0.1, -0.05) is 0 Å². The predicted molar refractivity (Wildman–Crippen MR) is 65.4 cm³/mol. The Morgan fingerprint density at radius 2 is 2.53 bits per heavy atom. The van der Waals surface area contributed by atoms with Gasteiger partial charge in [-0.25, -0.2) is 4.98 Å². The quantitative estimate of drug-likeness (QED) is 0.852. The summed E-state index contributed by atoms with van der Waals surface area (Å²) in [7, 11) is 0. The van der Waals surface area contributed by atoms with E-state index in [0.717, 1.165) is 17.6 Å². The van der Waals surface area contributed by atoms with Gasteiger partial charge in [-0.15, -0.1) is 11.3 Å². The van der Waals surface area contributed by atoms with Crippen molar-refractivity contribution in [3.8, 4) is 0 Å². The van der Waals surface area contributed by atoms with Crippen LogP contribution in [0.1, 0.15) is 20.3 Å². The van der Waals surface area contributed by atoms with E-state index in [2.05, 4.69) is 29.0 Å². The second-order valence-corrected chi connectivity index (χ2v) is 5.36. The first kappa shape index (κ1) is 10.9. The highest BCUT2D eigenvalue weighted by atomic mass is 32.1. The van der Waals surface area contributed by atoms with E-state index in [9.17, 15) is 0 Å². The van der Waals surface area contributed by atoms with Crippen LogP contribution in [0.25, 0.3) is 0 Å². The fourth-order valence-corrected chi connectivity index (χ4v) is 2.58. The average Bonchev–Trinajstić information content (AvgIpc) is 2.86. The summed E-state index contributed by atoms with van der Waals surface area (Å²) in [6, 6.07) is 0.690. The number of aromatic nitrogens is 1. The van der Waals surface area contributed by atoms with Crippen molar-refractivity contribution in [2.75, 3.05) is 25.0 Å². The molecule has 0 aliphatic carbocycles. The molecule has 1 aromatic rings. The van der Waals surface area contributed by atoms with Gasteiger partial charge in [-0.3, -0.25) is 0 Å². The fourth-order valence-electron chi connectivity index (χ4n) is 2.04. The van der Waals surface area contributed by atoms with Crippen LogP contribution in [0.3, 0.4) is 0 Å². The lowest BCUT2D eigenvalue weighted by atomic mass is 10.1. The Morgan fingerprint density at radius 1 is 1.67 bits per heavy atom. The standard InChI is InChI=1S/C11H19N3S/c1-9(2)14-5-3-10(8-14)7-13-11-12-4-6-15-11/h4,6,9-10H,3,5,7-8H2,1-2H3,(H,12,13). The van der Waals surface area contributed by atoms with Crippen LogP contribution >= 0.6 is 11.3 Å². The molecule has 1 saturated heterocycles. The van der Waals surface area contributed by atoms with Crippen molar-refractivity contribution >= 4 is 16.5 Å². The minimum atomic E-state index is 0.690. The van der Waals surface area contributed by atoms with Gasteiger partial charge in [0.25, 0.3) is 0 Å². The van der Waals surface area contributed by atoms with E-state index >= 15 is 0 Å². The summed E-state index contributed by atoms with van der Waals surface area (Å²) in [5, 5.41) is 6.47. The van der Waals surface area contributed by atoms with Crippen molar-refractivity contribution in [2.45, 2.75) is 26.3 Å². The number of hydrogen-bond donors (Lipinski definition) is 1. The molecule has 4 heteroatoms. The Labute approximate surface area is 95.5 Å². The number of thiazole rings is 1. The third kappa shape index (κ3) is 2.92. The van der Waals surface area contributed by atoms with Crippen molar-refractivity contribution in [3.05, 3.63) is 11.6 Å². The Kier molecular flexibility index (Phi) is 3.59. The molecule has 0 spiro atoms. The molecule has 15 heavy (non-hydrogen) atoms. The average molecular weight is 225 g/mol. The molecule has 1 aliphatic rings. The highest BCUT2D eigenvalue weighted by Gasteiger charge is 2.23. The Morgan fingerprint density at radius 3 is 3.13 bits per heavy atom. The molecule has 1 atom stereocenters. The zero-order chi connectivity index (χ0) is 10.7. The van der Waals surface area contributed by atoms with Crippen LogP contribution in [-0.4, -0.2) is 35.6 Å². The summed E-state index contributed by atoms with van der Waals surface area (Å²) >= 11 is 1.68. The van der Waals surface area contributed by atoms with Gasteiger partial charge in [-0.2, -0.15) is 0 Å². The third-order valence-electron chi connectivity index (χ3n) is 3.02. The van der Waals surface area contributed by atoms with Crippen molar-refractivity contribution in [2.24, 2.45) is 5.92 Å². The topological polar surface area (TPSA) is 28.2 Å². The van der Waals surface area contributed by atoms with Gasteiger partial charge in [0.1, 0.15) is 0 Å². The van der Waals surface area contributed by atoms with Crippen molar-refractivity contribution in [3.63, 3.8) is 0 Å². The van der Waals surface area contributed by atoms with E-state index in [0.29, 0.717) is 6.04 Å². The highest BCUT2D eigenvalue weighted by Crippen LogP contribution is 2.19. The Hall–Kier alpha value is -0.610. The maximum Gasteiger partial charge on any atom is 0.182 e. The number of likely N-dealkylation sites (tertiary alicyclic amines) is 1. The molecular formula is C11H19N3S. The smallest absolute Gasteiger partial charge is 0.182 e. The Balaban J connectivity index is 1.73. The summed E-state index contributed by atoms with van der Waals surface area (Å²) in [6.07, 6.45) is 3.17. The maximum atomic E-state index is 4.23. The van der Waals surface area contributed by atoms with E-state index in [1.54, 1.807) is 11.3 Å². The zero-order valence-electron chi connectivity index (χ0n) is 9.44. The maximum absolute atomic E-state index is 4.23. The van der Waals surface area contributed by atoms with Gasteiger partial charge in [0.15, 0.2) is 5.13 Å². The van der Waals surface area contributed by atoms with Crippen LogP contribution in [0.15, 0.2) is 11.6 Å². The summed E-state index contributed by atoms with van der Waals surface area (Å²) in [5.41, 5.74) is 0. The molecule has 0 bridgehead atoms. The first-order chi connectivity index (χ1) is 7.25. The van der Waals surface area contributed by atoms with Gasteiger partial charge in [0.2, 0.25) is 0 Å². The van der Waals surface area contributed by atoms with Gasteiger partial charge in [0, 0.05) is 30.7 Å². The summed E-state index contributed by atoms with van der Waals surface area (Å²) in [5.74, 6) is 0.788. The molecule has 2 rings (SSSR count). The molecule has 1 N–H and O–H groups in total. The fraction of sp³-hybridized carbons (Fsp3) is 0.727. The van der Waals surface area contributed by atoms with E-state index in [1.165, 1.54) is 19.5 Å². The minimum Gasteiger partial charge on any atom is -0.361 e. The largest absolute Gasteiger partial charge is 0.361 e. The number of nitrogens with one attached hydrogen (secondary N) is 1. The van der Waals surface area contributed by atoms with E-state index in [-0.39, 0.29) is 0 Å². The Bertz CT molecular complexity index is 284. The molecule has 0 amide bonds. The lowest BCUT2D eigenvalue weighted by molar-refractivity contribution is 0.266. The summed E-state index contributed by atoms with van der Waals surface area (Å²) in [6.45, 7) is 8.10. The zero-order valence-corrected chi connectivity index (χ0v) is 10.3. The van der Waals surface area contributed by atoms with Crippen molar-refractivity contribution in [1.29, 1.82) is 0 Å². The molecule has 1 aromatic heterocycles. The summed E-state index contributed by atoms with van der Waals surface area (Å²) < 4.78 is 0. The van der Waals surface area contributed by atoms with E-state index in [1.807, 2.05) is 11.6 Å². The normalized spacial score (nSPS) is 22.5. The van der Waals surface area contributed by atoms with Crippen LogP contribution in [0, 0.1) is 5.92 Å². The predicted octanol–water partition coefficient (Wildman–Crippen LogP) is 2.29. The molecule has 1 fully saturated rings. The van der Waals surface area contributed by atoms with Gasteiger partial charge in [0.05, 0.1) is 0 Å². The van der Waals surface area contributed by atoms with Gasteiger partial charge < -0.3 is 10.2 Å². The molecule has 0 aromatic carbocycles. The van der Waals surface area contributed by atoms with Crippen molar-refractivity contribution in [1.82, 2.24) is 9.88 Å². The first-order valence-electron chi connectivity index (χ1n) is 5.63. The second kappa shape index (κ2) is 4.94. The van der Waals surface area contributed by atoms with Crippen LogP contribution in [-0.2, 0) is 0 Å². The van der Waals surface area contributed by atoms with Crippen LogP contribution in [0.5, 0.6) is 0 Å². The molecular weight excluding hydrogens is 206 g/mol. The van der Waals surface area contributed by atoms with Gasteiger partial charge in [-0.05, 0) is 32.7 Å². The lowest BCUT2D eigenvalue weighted by Crippen LogP contribution is -2.29. The number of anilines is 1. The molecule has 3 nitrogen and oxygen atoms in total. The van der Waals surface area contributed by atoms with Crippen LogP contribution in [0.2, 0.25) is 0 Å². The van der Waals surface area contributed by atoms with Gasteiger partial charge >= 0.3 is 0 Å². The SMILES string of the molecule is CC(C)N1CCC(CNc2nccs2)C1. The van der Waals surface area contributed by atoms with Crippen LogP contribution in [0.4, 0.5) is 5.13 Å². The number of rotatable bonds is 4. The van der Waals surface area contributed by atoms with E-state index in [4.69, 9.17) is 0 Å². The van der Waals surface area contributed by atoms with Crippen molar-refractivity contribution < 1.29 is 0 Å². The number of hydrogen-bond acceptors (Lipinski definition) is 4. The molecule has 1 unspecified atom stereocenters. The summed E-state index contributed by atoms with van der Waals surface area (Å²) in [4.78, 5) is 6.77. The molecule has 84 valence electrons. The van der Waals surface area contributed by atoms with Crippen LogP contribution < -0.4 is 5.32 Å². The highest BCUT2D eigenvalue weighted by molar-refractivity contribution is 7.13. The molecule has 0 saturated carbocycles. The lowest BCUT2D eigenvalue weighted by Gasteiger charge is -2.20. The molecule has 1 aliphatic heterocycles. The number of nitrogens with zero attached hydrogens (tertiary/aromatic N) is 2. The van der Waals surface area contributed by atoms with E-state index < -0.39 is 0 Å². The molecule has 2 heterocycles. The molecule has 0 radical (unpaired) electrons. The monoisotopic (exact) mass is 225 g/mol. The third-order valence-corrected chi connectivity index (χ3v) is 3.75. The second-order valence-electron chi connectivity index (χ2n) is 4.46. The minimum absolute atomic E-state index is 0.690.